The third-order valence-corrected chi connectivity index (χ3v) is 4.54. The van der Waals surface area contributed by atoms with Crippen LogP contribution >= 0.6 is 0 Å². The highest BCUT2D eigenvalue weighted by Gasteiger charge is 2.47. The molecule has 0 aromatic heterocycles. The van der Waals surface area contributed by atoms with Gasteiger partial charge < -0.3 is 15.3 Å². The van der Waals surface area contributed by atoms with Crippen LogP contribution in [0, 0.1) is 17.8 Å². The minimum absolute atomic E-state index is 0.0255. The van der Waals surface area contributed by atoms with Crippen LogP contribution < -0.4 is 5.32 Å². The number of hydrogen-bond acceptors (Lipinski definition) is 3. The van der Waals surface area contributed by atoms with Crippen molar-refractivity contribution in [3.8, 4) is 0 Å². The first-order chi connectivity index (χ1) is 8.18. The summed E-state index contributed by atoms with van der Waals surface area (Å²) in [7, 11) is 1.86. The summed E-state index contributed by atoms with van der Waals surface area (Å²) >= 11 is 0. The van der Waals surface area contributed by atoms with Gasteiger partial charge in [0, 0.05) is 26.1 Å². The second-order valence-electron chi connectivity index (χ2n) is 5.94. The van der Waals surface area contributed by atoms with Gasteiger partial charge in [-0.3, -0.25) is 4.79 Å². The van der Waals surface area contributed by atoms with Crippen molar-refractivity contribution in [3.05, 3.63) is 0 Å². The van der Waals surface area contributed by atoms with E-state index < -0.39 is 6.10 Å². The SMILES string of the molecule is CN(C(=O)C(C1CC1)C1CC1)[C@@H]1CNC[C@H]1O. The molecule has 2 aliphatic carbocycles. The van der Waals surface area contributed by atoms with Gasteiger partial charge in [0.1, 0.15) is 0 Å². The summed E-state index contributed by atoms with van der Waals surface area (Å²) in [5.41, 5.74) is 0. The first kappa shape index (κ1) is 11.5. The molecular formula is C13H22N2O2. The molecule has 4 nitrogen and oxygen atoms in total. The first-order valence-corrected chi connectivity index (χ1v) is 6.84. The Morgan fingerprint density at radius 2 is 1.82 bits per heavy atom. The number of aliphatic hydroxyl groups excluding tert-OH is 1. The molecule has 4 heteroatoms. The molecule has 0 aromatic rings. The fraction of sp³-hybridized carbons (Fsp3) is 0.923. The Balaban J connectivity index is 1.67. The van der Waals surface area contributed by atoms with Crippen LogP contribution in [0.1, 0.15) is 25.7 Å². The molecule has 96 valence electrons. The molecule has 2 saturated carbocycles. The van der Waals surface area contributed by atoms with Gasteiger partial charge in [0.15, 0.2) is 0 Å². The molecule has 2 N–H and O–H groups in total. The number of hydrogen-bond donors (Lipinski definition) is 2. The average Bonchev–Trinajstić information content (AvgIpc) is 3.21. The summed E-state index contributed by atoms with van der Waals surface area (Å²) in [6, 6.07) is -0.0255. The van der Waals surface area contributed by atoms with Crippen molar-refractivity contribution in [3.63, 3.8) is 0 Å². The van der Waals surface area contributed by atoms with E-state index >= 15 is 0 Å². The fourth-order valence-electron chi connectivity index (χ4n) is 3.14. The van der Waals surface area contributed by atoms with Gasteiger partial charge in [-0.15, -0.1) is 0 Å². The molecule has 0 radical (unpaired) electrons. The van der Waals surface area contributed by atoms with Gasteiger partial charge in [0.2, 0.25) is 5.91 Å². The largest absolute Gasteiger partial charge is 0.390 e. The number of amides is 1. The Bertz CT molecular complexity index is 301. The molecule has 1 aliphatic heterocycles. The number of carbonyl (C=O) groups is 1. The molecular weight excluding hydrogens is 216 g/mol. The molecule has 1 amide bonds. The van der Waals surface area contributed by atoms with Crippen molar-refractivity contribution in [2.75, 3.05) is 20.1 Å². The second-order valence-corrected chi connectivity index (χ2v) is 5.94. The number of β-amino-alcohol motifs (C(OH)–C–C–N with tert-alkyl or cyclic N) is 1. The normalized spacial score (nSPS) is 33.1. The van der Waals surface area contributed by atoms with E-state index in [4.69, 9.17) is 0 Å². The van der Waals surface area contributed by atoms with Gasteiger partial charge in [0.05, 0.1) is 12.1 Å². The molecule has 0 spiro atoms. The van der Waals surface area contributed by atoms with E-state index in [9.17, 15) is 9.90 Å². The van der Waals surface area contributed by atoms with Gasteiger partial charge in [-0.1, -0.05) is 0 Å². The zero-order valence-electron chi connectivity index (χ0n) is 10.4. The predicted octanol–water partition coefficient (Wildman–Crippen LogP) is 0.214. The maximum absolute atomic E-state index is 12.5. The third kappa shape index (κ3) is 2.20. The maximum Gasteiger partial charge on any atom is 0.226 e. The molecule has 0 bridgehead atoms. The summed E-state index contributed by atoms with van der Waals surface area (Å²) in [4.78, 5) is 14.3. The van der Waals surface area contributed by atoms with Crippen LogP contribution in [-0.2, 0) is 4.79 Å². The molecule has 1 saturated heterocycles. The number of aliphatic hydroxyl groups is 1. The standard InChI is InChI=1S/C13H22N2O2/c1-15(10-6-14-7-11(10)16)13(17)12(8-2-3-8)9-4-5-9/h8-12,14,16H,2-7H2,1H3/t10-,11-/m1/s1. The number of nitrogens with zero attached hydrogens (tertiary/aromatic N) is 1. The van der Waals surface area contributed by atoms with Gasteiger partial charge >= 0.3 is 0 Å². The third-order valence-electron chi connectivity index (χ3n) is 4.54. The van der Waals surface area contributed by atoms with Gasteiger partial charge in [0.25, 0.3) is 0 Å². The van der Waals surface area contributed by atoms with Crippen LogP contribution in [0.2, 0.25) is 0 Å². The molecule has 0 aromatic carbocycles. The lowest BCUT2D eigenvalue weighted by atomic mass is 9.95. The van der Waals surface area contributed by atoms with Crippen LogP contribution in [0.3, 0.4) is 0 Å². The Morgan fingerprint density at radius 3 is 2.24 bits per heavy atom. The van der Waals surface area contributed by atoms with E-state index in [1.165, 1.54) is 25.7 Å². The molecule has 3 rings (SSSR count). The van der Waals surface area contributed by atoms with Crippen molar-refractivity contribution in [2.45, 2.75) is 37.8 Å². The Morgan fingerprint density at radius 1 is 1.24 bits per heavy atom. The maximum atomic E-state index is 12.5. The van der Waals surface area contributed by atoms with Crippen molar-refractivity contribution < 1.29 is 9.90 Å². The van der Waals surface area contributed by atoms with E-state index in [0.29, 0.717) is 18.4 Å². The molecule has 3 aliphatic rings. The van der Waals surface area contributed by atoms with Gasteiger partial charge in [-0.25, -0.2) is 0 Å². The Hall–Kier alpha value is -0.610. The molecule has 1 heterocycles. The lowest BCUT2D eigenvalue weighted by Crippen LogP contribution is -2.47. The Labute approximate surface area is 102 Å². The van der Waals surface area contributed by atoms with Crippen LogP contribution in [0.15, 0.2) is 0 Å². The van der Waals surface area contributed by atoms with Crippen LogP contribution in [0.25, 0.3) is 0 Å². The zero-order valence-corrected chi connectivity index (χ0v) is 10.4. The number of nitrogens with one attached hydrogen (secondary N) is 1. The monoisotopic (exact) mass is 238 g/mol. The molecule has 17 heavy (non-hydrogen) atoms. The molecule has 2 atom stereocenters. The van der Waals surface area contributed by atoms with E-state index in [1.54, 1.807) is 0 Å². The second kappa shape index (κ2) is 4.25. The van der Waals surface area contributed by atoms with Gasteiger partial charge in [-0.05, 0) is 37.5 Å². The van der Waals surface area contributed by atoms with E-state index in [2.05, 4.69) is 5.32 Å². The molecule has 0 unspecified atom stereocenters. The summed E-state index contributed by atoms with van der Waals surface area (Å²) in [5, 5.41) is 13.0. The van der Waals surface area contributed by atoms with Crippen LogP contribution in [-0.4, -0.2) is 48.2 Å². The van der Waals surface area contributed by atoms with E-state index in [0.717, 1.165) is 6.54 Å². The first-order valence-electron chi connectivity index (χ1n) is 6.84. The summed E-state index contributed by atoms with van der Waals surface area (Å²) in [5.74, 6) is 1.82. The van der Waals surface area contributed by atoms with Crippen molar-refractivity contribution in [2.24, 2.45) is 17.8 Å². The van der Waals surface area contributed by atoms with Crippen molar-refractivity contribution in [1.29, 1.82) is 0 Å². The smallest absolute Gasteiger partial charge is 0.226 e. The minimum Gasteiger partial charge on any atom is -0.390 e. The summed E-state index contributed by atoms with van der Waals surface area (Å²) in [6.07, 6.45) is 4.51. The predicted molar refractivity (Wildman–Crippen MR) is 64.4 cm³/mol. The average molecular weight is 238 g/mol. The highest BCUT2D eigenvalue weighted by atomic mass is 16.3. The number of likely N-dealkylation sites (N-methyl/N-ethyl adjacent to an activating group) is 1. The fourth-order valence-corrected chi connectivity index (χ4v) is 3.14. The Kier molecular flexibility index (Phi) is 2.87. The molecule has 3 fully saturated rings. The number of carbonyl (C=O) groups excluding carboxylic acids is 1. The van der Waals surface area contributed by atoms with E-state index in [-0.39, 0.29) is 17.9 Å². The zero-order chi connectivity index (χ0) is 12.0. The lowest BCUT2D eigenvalue weighted by molar-refractivity contribution is -0.139. The van der Waals surface area contributed by atoms with Crippen molar-refractivity contribution >= 4 is 5.91 Å². The lowest BCUT2D eigenvalue weighted by Gasteiger charge is -2.30. The highest BCUT2D eigenvalue weighted by molar-refractivity contribution is 5.80. The highest BCUT2D eigenvalue weighted by Crippen LogP contribution is 2.50. The van der Waals surface area contributed by atoms with Crippen LogP contribution in [0.4, 0.5) is 0 Å². The minimum atomic E-state index is -0.400. The number of rotatable bonds is 4. The van der Waals surface area contributed by atoms with E-state index in [1.807, 2.05) is 11.9 Å². The van der Waals surface area contributed by atoms with Crippen molar-refractivity contribution in [1.82, 2.24) is 10.2 Å². The summed E-state index contributed by atoms with van der Waals surface area (Å²) < 4.78 is 0. The van der Waals surface area contributed by atoms with Gasteiger partial charge in [-0.2, -0.15) is 0 Å². The summed E-state index contributed by atoms with van der Waals surface area (Å²) in [6.45, 7) is 1.34. The topological polar surface area (TPSA) is 52.6 Å². The quantitative estimate of drug-likeness (QED) is 0.736. The van der Waals surface area contributed by atoms with Crippen LogP contribution in [0.5, 0.6) is 0 Å².